The van der Waals surface area contributed by atoms with Gasteiger partial charge in [0.05, 0.1) is 5.69 Å². The van der Waals surface area contributed by atoms with Gasteiger partial charge in [-0.2, -0.15) is 4.68 Å². The number of anilines is 1. The van der Waals surface area contributed by atoms with Gasteiger partial charge in [0.2, 0.25) is 5.95 Å². The number of aryl methyl sites for hydroxylation is 1. The van der Waals surface area contributed by atoms with Crippen molar-refractivity contribution < 1.29 is 0 Å². The van der Waals surface area contributed by atoms with Crippen molar-refractivity contribution in [1.29, 1.82) is 0 Å². The third-order valence-electron chi connectivity index (χ3n) is 6.50. The molecule has 2 heterocycles. The average Bonchev–Trinajstić information content (AvgIpc) is 3.39. The predicted octanol–water partition coefficient (Wildman–Crippen LogP) is 2.28. The van der Waals surface area contributed by atoms with Crippen LogP contribution in [0.25, 0.3) is 5.69 Å². The molecule has 2 bridgehead atoms. The van der Waals surface area contributed by atoms with Crippen molar-refractivity contribution in [3.05, 3.63) is 29.8 Å². The zero-order chi connectivity index (χ0) is 16.8. The molecule has 1 aromatic carbocycles. The van der Waals surface area contributed by atoms with E-state index in [1.54, 1.807) is 0 Å². The van der Waals surface area contributed by atoms with Crippen LogP contribution in [0.5, 0.6) is 0 Å². The van der Waals surface area contributed by atoms with E-state index in [0.717, 1.165) is 55.7 Å². The molecule has 2 saturated carbocycles. The van der Waals surface area contributed by atoms with E-state index in [9.17, 15) is 0 Å². The van der Waals surface area contributed by atoms with Crippen LogP contribution in [0, 0.1) is 18.8 Å². The molecule has 132 valence electrons. The lowest BCUT2D eigenvalue weighted by molar-refractivity contribution is 0.134. The Labute approximate surface area is 148 Å². The highest BCUT2D eigenvalue weighted by molar-refractivity contribution is 5.42. The quantitative estimate of drug-likeness (QED) is 0.859. The van der Waals surface area contributed by atoms with E-state index >= 15 is 0 Å². The second-order valence-electron chi connectivity index (χ2n) is 7.99. The van der Waals surface area contributed by atoms with Gasteiger partial charge in [-0.1, -0.05) is 29.2 Å². The number of aromatic nitrogens is 4. The van der Waals surface area contributed by atoms with Crippen molar-refractivity contribution in [2.45, 2.75) is 38.6 Å². The van der Waals surface area contributed by atoms with Crippen LogP contribution in [0.4, 0.5) is 5.95 Å². The van der Waals surface area contributed by atoms with E-state index in [1.807, 2.05) is 4.68 Å². The number of fused-ring (bicyclic) bond motifs is 2. The van der Waals surface area contributed by atoms with Crippen LogP contribution in [0.2, 0.25) is 0 Å². The summed E-state index contributed by atoms with van der Waals surface area (Å²) in [6, 6.07) is 9.22. The third-order valence-corrected chi connectivity index (χ3v) is 6.50. The van der Waals surface area contributed by atoms with Crippen LogP contribution in [-0.4, -0.2) is 57.3 Å². The minimum Gasteiger partial charge on any atom is -0.337 e. The highest BCUT2D eigenvalue weighted by Gasteiger charge is 2.42. The zero-order valence-corrected chi connectivity index (χ0v) is 14.9. The minimum atomic E-state index is 0.842. The van der Waals surface area contributed by atoms with Crippen molar-refractivity contribution in [1.82, 2.24) is 25.1 Å². The van der Waals surface area contributed by atoms with Crippen molar-refractivity contribution >= 4 is 5.95 Å². The summed E-state index contributed by atoms with van der Waals surface area (Å²) in [5, 5.41) is 12.5. The summed E-state index contributed by atoms with van der Waals surface area (Å²) >= 11 is 0. The highest BCUT2D eigenvalue weighted by atomic mass is 15.6. The van der Waals surface area contributed by atoms with Gasteiger partial charge in [-0.25, -0.2) is 0 Å². The van der Waals surface area contributed by atoms with Crippen molar-refractivity contribution in [3.8, 4) is 5.69 Å². The smallest absolute Gasteiger partial charge is 0.250 e. The maximum absolute atomic E-state index is 4.31. The number of hydrogen-bond donors (Lipinski definition) is 0. The molecule has 3 fully saturated rings. The number of piperazine rings is 1. The Morgan fingerprint density at radius 1 is 0.960 bits per heavy atom. The van der Waals surface area contributed by atoms with Gasteiger partial charge in [-0.3, -0.25) is 4.90 Å². The first-order valence-corrected chi connectivity index (χ1v) is 9.62. The first-order chi connectivity index (χ1) is 12.3. The van der Waals surface area contributed by atoms with Crippen molar-refractivity contribution in [2.75, 3.05) is 31.1 Å². The minimum absolute atomic E-state index is 0.842. The molecule has 0 amide bonds. The lowest BCUT2D eigenvalue weighted by atomic mass is 9.93. The molecule has 2 aliphatic carbocycles. The fourth-order valence-corrected chi connectivity index (χ4v) is 5.14. The fourth-order valence-electron chi connectivity index (χ4n) is 5.14. The molecule has 1 saturated heterocycles. The average molecular weight is 338 g/mol. The van der Waals surface area contributed by atoms with E-state index in [4.69, 9.17) is 0 Å². The second kappa shape index (κ2) is 6.09. The predicted molar refractivity (Wildman–Crippen MR) is 96.9 cm³/mol. The molecule has 0 spiro atoms. The first kappa shape index (κ1) is 15.3. The molecule has 3 atom stereocenters. The molecule has 6 nitrogen and oxygen atoms in total. The number of nitrogens with zero attached hydrogens (tertiary/aromatic N) is 6. The van der Waals surface area contributed by atoms with Gasteiger partial charge in [-0.15, -0.1) is 0 Å². The van der Waals surface area contributed by atoms with Crippen LogP contribution < -0.4 is 4.90 Å². The summed E-state index contributed by atoms with van der Waals surface area (Å²) in [6.45, 7) is 6.39. The Bertz CT molecular complexity index is 731. The first-order valence-electron chi connectivity index (χ1n) is 9.62. The molecule has 2 aromatic rings. The maximum atomic E-state index is 4.31. The van der Waals surface area contributed by atoms with Crippen LogP contribution in [-0.2, 0) is 0 Å². The molecule has 5 rings (SSSR count). The van der Waals surface area contributed by atoms with Gasteiger partial charge in [0.25, 0.3) is 0 Å². The Hall–Kier alpha value is -1.95. The monoisotopic (exact) mass is 338 g/mol. The second-order valence-corrected chi connectivity index (χ2v) is 7.99. The molecule has 1 aliphatic heterocycles. The maximum Gasteiger partial charge on any atom is 0.250 e. The summed E-state index contributed by atoms with van der Waals surface area (Å²) < 4.78 is 1.87. The molecule has 0 N–H and O–H groups in total. The van der Waals surface area contributed by atoms with Crippen LogP contribution in [0.15, 0.2) is 24.3 Å². The van der Waals surface area contributed by atoms with E-state index in [2.05, 4.69) is 56.5 Å². The highest BCUT2D eigenvalue weighted by Crippen LogP contribution is 2.46. The van der Waals surface area contributed by atoms with Gasteiger partial charge in [0, 0.05) is 32.2 Å². The standard InChI is InChI=1S/C19H26N6/c1-14-2-6-17(7-3-14)25-19(20-21-22-25)24-10-8-23(9-11-24)18-13-15-4-5-16(18)12-15/h2-3,6-7,15-16,18H,4-5,8-13H2,1H3. The number of tetrazole rings is 1. The van der Waals surface area contributed by atoms with E-state index in [1.165, 1.54) is 31.2 Å². The topological polar surface area (TPSA) is 50.1 Å². The normalized spacial score (nSPS) is 29.5. The van der Waals surface area contributed by atoms with Crippen molar-refractivity contribution in [2.24, 2.45) is 11.8 Å². The molecule has 3 unspecified atom stereocenters. The summed E-state index contributed by atoms with van der Waals surface area (Å²) in [5.74, 6) is 2.85. The molecule has 1 aromatic heterocycles. The van der Waals surface area contributed by atoms with Gasteiger partial charge < -0.3 is 4.90 Å². The molecular formula is C19H26N6. The fraction of sp³-hybridized carbons (Fsp3) is 0.632. The lowest BCUT2D eigenvalue weighted by Crippen LogP contribution is -2.52. The van der Waals surface area contributed by atoms with Crippen LogP contribution >= 0.6 is 0 Å². The number of rotatable bonds is 3. The number of benzene rings is 1. The van der Waals surface area contributed by atoms with Gasteiger partial charge in [0.1, 0.15) is 0 Å². The van der Waals surface area contributed by atoms with E-state index < -0.39 is 0 Å². The van der Waals surface area contributed by atoms with Crippen molar-refractivity contribution in [3.63, 3.8) is 0 Å². The van der Waals surface area contributed by atoms with Gasteiger partial charge in [-0.05, 0) is 60.6 Å². The zero-order valence-electron chi connectivity index (χ0n) is 14.9. The Balaban J connectivity index is 1.28. The third kappa shape index (κ3) is 2.72. The summed E-state index contributed by atoms with van der Waals surface area (Å²) in [7, 11) is 0. The summed E-state index contributed by atoms with van der Waals surface area (Å²) in [4.78, 5) is 5.07. The Morgan fingerprint density at radius 2 is 1.76 bits per heavy atom. The molecule has 6 heteroatoms. The molecular weight excluding hydrogens is 312 g/mol. The lowest BCUT2D eigenvalue weighted by Gasteiger charge is -2.41. The van der Waals surface area contributed by atoms with E-state index in [0.29, 0.717) is 0 Å². The molecule has 0 radical (unpaired) electrons. The molecule has 25 heavy (non-hydrogen) atoms. The Kier molecular flexibility index (Phi) is 3.73. The van der Waals surface area contributed by atoms with Gasteiger partial charge in [0.15, 0.2) is 0 Å². The van der Waals surface area contributed by atoms with Gasteiger partial charge >= 0.3 is 0 Å². The summed E-state index contributed by atoms with van der Waals surface area (Å²) in [5.41, 5.74) is 2.28. The molecule has 3 aliphatic rings. The number of hydrogen-bond acceptors (Lipinski definition) is 5. The SMILES string of the molecule is Cc1ccc(-n2nnnc2N2CCN(C3CC4CCC3C4)CC2)cc1. The van der Waals surface area contributed by atoms with Crippen LogP contribution in [0.3, 0.4) is 0 Å². The summed E-state index contributed by atoms with van der Waals surface area (Å²) in [6.07, 6.45) is 5.86. The largest absolute Gasteiger partial charge is 0.337 e. The van der Waals surface area contributed by atoms with E-state index in [-0.39, 0.29) is 0 Å². The van der Waals surface area contributed by atoms with Crippen LogP contribution in [0.1, 0.15) is 31.2 Å². The Morgan fingerprint density at radius 3 is 2.44 bits per heavy atom.